The van der Waals surface area contributed by atoms with Crippen molar-refractivity contribution in [3.63, 3.8) is 0 Å². The third kappa shape index (κ3) is 3.80. The van der Waals surface area contributed by atoms with Crippen LogP contribution >= 0.6 is 11.6 Å². The van der Waals surface area contributed by atoms with Crippen molar-refractivity contribution >= 4 is 34.6 Å². The molecule has 0 unspecified atom stereocenters. The van der Waals surface area contributed by atoms with Gasteiger partial charge in [0.2, 0.25) is 0 Å². The van der Waals surface area contributed by atoms with Gasteiger partial charge in [0.15, 0.2) is 11.6 Å². The molecular weight excluding hydrogens is 298 g/mol. The number of halogens is 1. The third-order valence-corrected chi connectivity index (χ3v) is 3.76. The molecule has 1 aromatic carbocycles. The van der Waals surface area contributed by atoms with Gasteiger partial charge in [-0.3, -0.25) is 0 Å². The van der Waals surface area contributed by atoms with Crippen LogP contribution in [0.2, 0.25) is 5.02 Å². The van der Waals surface area contributed by atoms with Crippen molar-refractivity contribution < 1.29 is 0 Å². The molecule has 0 spiro atoms. The molecule has 0 radical (unpaired) electrons. The molecule has 0 aliphatic heterocycles. The number of rotatable bonds is 6. The van der Waals surface area contributed by atoms with E-state index in [1.54, 1.807) is 0 Å². The van der Waals surface area contributed by atoms with E-state index in [0.29, 0.717) is 16.5 Å². The Morgan fingerprint density at radius 3 is 2.82 bits per heavy atom. The molecule has 0 atom stereocenters. The van der Waals surface area contributed by atoms with Crippen LogP contribution in [0.15, 0.2) is 24.5 Å². The molecule has 5 nitrogen and oxygen atoms in total. The van der Waals surface area contributed by atoms with Gasteiger partial charge in [-0.25, -0.2) is 9.97 Å². The zero-order valence-corrected chi connectivity index (χ0v) is 14.0. The van der Waals surface area contributed by atoms with Crippen LogP contribution in [0.1, 0.15) is 25.3 Å². The van der Waals surface area contributed by atoms with Crippen molar-refractivity contribution in [1.82, 2.24) is 9.97 Å². The normalized spacial score (nSPS) is 10.5. The summed E-state index contributed by atoms with van der Waals surface area (Å²) in [7, 11) is 1.99. The fraction of sp³-hybridized carbons (Fsp3) is 0.375. The summed E-state index contributed by atoms with van der Waals surface area (Å²) in [5.74, 6) is 1.34. The lowest BCUT2D eigenvalue weighted by Crippen LogP contribution is -2.21. The van der Waals surface area contributed by atoms with E-state index in [9.17, 15) is 0 Å². The highest BCUT2D eigenvalue weighted by atomic mass is 35.5. The fourth-order valence-corrected chi connectivity index (χ4v) is 2.32. The summed E-state index contributed by atoms with van der Waals surface area (Å²) < 4.78 is 0. The van der Waals surface area contributed by atoms with E-state index < -0.39 is 0 Å². The first-order valence-electron chi connectivity index (χ1n) is 7.37. The monoisotopic (exact) mass is 319 g/mol. The average molecular weight is 320 g/mol. The van der Waals surface area contributed by atoms with Gasteiger partial charge in [0.05, 0.1) is 0 Å². The summed E-state index contributed by atoms with van der Waals surface area (Å²) in [6.07, 6.45) is 3.74. The highest BCUT2D eigenvalue weighted by Gasteiger charge is 2.12. The number of aryl methyl sites for hydroxylation is 1. The van der Waals surface area contributed by atoms with Gasteiger partial charge in [-0.1, -0.05) is 31.0 Å². The minimum atomic E-state index is 0.542. The minimum Gasteiger partial charge on any atom is -0.393 e. The van der Waals surface area contributed by atoms with Crippen molar-refractivity contribution in [3.05, 3.63) is 35.1 Å². The summed E-state index contributed by atoms with van der Waals surface area (Å²) in [6, 6.07) is 5.67. The number of nitrogens with zero attached hydrogens (tertiary/aromatic N) is 3. The Balaban J connectivity index is 2.27. The van der Waals surface area contributed by atoms with Crippen molar-refractivity contribution in [2.75, 3.05) is 29.5 Å². The molecule has 0 aliphatic rings. The first-order valence-corrected chi connectivity index (χ1v) is 7.75. The van der Waals surface area contributed by atoms with Gasteiger partial charge in [-0.2, -0.15) is 0 Å². The predicted octanol–water partition coefficient (Wildman–Crippen LogP) is 4.00. The van der Waals surface area contributed by atoms with E-state index in [-0.39, 0.29) is 0 Å². The van der Waals surface area contributed by atoms with Gasteiger partial charge in [-0.05, 0) is 31.0 Å². The first kappa shape index (κ1) is 16.4. The van der Waals surface area contributed by atoms with E-state index in [1.807, 2.05) is 32.2 Å². The number of anilines is 4. The molecule has 0 saturated carbocycles. The van der Waals surface area contributed by atoms with Crippen LogP contribution in [-0.2, 0) is 0 Å². The number of hydrogen-bond donors (Lipinski definition) is 2. The van der Waals surface area contributed by atoms with Gasteiger partial charge in [0, 0.05) is 24.3 Å². The molecule has 22 heavy (non-hydrogen) atoms. The van der Waals surface area contributed by atoms with Crippen molar-refractivity contribution in [2.24, 2.45) is 0 Å². The number of benzene rings is 1. The number of hydrogen-bond acceptors (Lipinski definition) is 5. The Morgan fingerprint density at radius 2 is 2.09 bits per heavy atom. The average Bonchev–Trinajstić information content (AvgIpc) is 2.50. The highest BCUT2D eigenvalue weighted by Crippen LogP contribution is 2.30. The quantitative estimate of drug-likeness (QED) is 0.842. The Morgan fingerprint density at radius 1 is 1.32 bits per heavy atom. The molecule has 2 rings (SSSR count). The number of nitrogens with one attached hydrogen (secondary N) is 1. The van der Waals surface area contributed by atoms with Crippen LogP contribution in [0.4, 0.5) is 23.0 Å². The molecule has 1 aromatic heterocycles. The van der Waals surface area contributed by atoms with Crippen molar-refractivity contribution in [3.8, 4) is 0 Å². The lowest BCUT2D eigenvalue weighted by molar-refractivity contribution is 0.759. The summed E-state index contributed by atoms with van der Waals surface area (Å²) in [5, 5.41) is 3.91. The largest absolute Gasteiger partial charge is 0.393 e. The number of aromatic nitrogens is 2. The lowest BCUT2D eigenvalue weighted by Gasteiger charge is -2.21. The van der Waals surface area contributed by atoms with E-state index in [0.717, 1.165) is 36.5 Å². The van der Waals surface area contributed by atoms with Crippen molar-refractivity contribution in [2.45, 2.75) is 26.7 Å². The van der Waals surface area contributed by atoms with Crippen LogP contribution in [-0.4, -0.2) is 23.6 Å². The van der Waals surface area contributed by atoms with Gasteiger partial charge < -0.3 is 16.0 Å². The molecule has 0 aliphatic carbocycles. The predicted molar refractivity (Wildman–Crippen MR) is 94.1 cm³/mol. The Labute approximate surface area is 136 Å². The summed E-state index contributed by atoms with van der Waals surface area (Å²) in [4.78, 5) is 10.6. The first-order chi connectivity index (χ1) is 10.5. The molecule has 3 N–H and O–H groups in total. The third-order valence-electron chi connectivity index (χ3n) is 3.52. The van der Waals surface area contributed by atoms with E-state index >= 15 is 0 Å². The molecule has 0 saturated heterocycles. The van der Waals surface area contributed by atoms with E-state index in [4.69, 9.17) is 17.3 Å². The standard InChI is InChI=1S/C16H22ClN5/c1-4-5-8-22(3)16-14(18)15(19-10-20-16)21-13-9-12(17)7-6-11(13)2/h6-7,9-10H,4-5,8,18H2,1-3H3,(H,19,20,21). The Hall–Kier alpha value is -2.01. The second kappa shape index (κ2) is 7.31. The molecule has 6 heteroatoms. The van der Waals surface area contributed by atoms with Crippen LogP contribution < -0.4 is 16.0 Å². The van der Waals surface area contributed by atoms with Crippen LogP contribution in [0.3, 0.4) is 0 Å². The van der Waals surface area contributed by atoms with Crippen LogP contribution in [0.5, 0.6) is 0 Å². The Kier molecular flexibility index (Phi) is 5.44. The topological polar surface area (TPSA) is 67.1 Å². The molecule has 118 valence electrons. The van der Waals surface area contributed by atoms with Crippen molar-refractivity contribution in [1.29, 1.82) is 0 Å². The summed E-state index contributed by atoms with van der Waals surface area (Å²) in [6.45, 7) is 5.07. The maximum atomic E-state index is 6.23. The van der Waals surface area contributed by atoms with Gasteiger partial charge in [-0.15, -0.1) is 0 Å². The maximum absolute atomic E-state index is 6.23. The highest BCUT2D eigenvalue weighted by molar-refractivity contribution is 6.30. The van der Waals surface area contributed by atoms with E-state index in [1.165, 1.54) is 6.33 Å². The lowest BCUT2D eigenvalue weighted by atomic mass is 10.2. The molecule has 0 amide bonds. The Bertz CT molecular complexity index is 644. The van der Waals surface area contributed by atoms with Crippen LogP contribution in [0.25, 0.3) is 0 Å². The maximum Gasteiger partial charge on any atom is 0.159 e. The molecule has 2 aromatic rings. The number of unbranched alkanes of at least 4 members (excludes halogenated alkanes) is 1. The van der Waals surface area contributed by atoms with Crippen LogP contribution in [0, 0.1) is 6.92 Å². The number of nitrogen functional groups attached to an aromatic ring is 1. The SMILES string of the molecule is CCCCN(C)c1ncnc(Nc2cc(Cl)ccc2C)c1N. The molecule has 1 heterocycles. The summed E-state index contributed by atoms with van der Waals surface area (Å²) in [5.41, 5.74) is 8.73. The zero-order valence-electron chi connectivity index (χ0n) is 13.2. The smallest absolute Gasteiger partial charge is 0.159 e. The summed E-state index contributed by atoms with van der Waals surface area (Å²) >= 11 is 6.05. The van der Waals surface area contributed by atoms with Gasteiger partial charge >= 0.3 is 0 Å². The second-order valence-electron chi connectivity index (χ2n) is 5.32. The molecule has 0 fully saturated rings. The van der Waals surface area contributed by atoms with E-state index in [2.05, 4.69) is 27.1 Å². The number of nitrogens with two attached hydrogens (primary N) is 1. The minimum absolute atomic E-state index is 0.542. The second-order valence-corrected chi connectivity index (χ2v) is 5.76. The molecule has 0 bridgehead atoms. The molecular formula is C16H22ClN5. The fourth-order valence-electron chi connectivity index (χ4n) is 2.15. The zero-order chi connectivity index (χ0) is 16.1. The van der Waals surface area contributed by atoms with Gasteiger partial charge in [0.1, 0.15) is 12.0 Å². The van der Waals surface area contributed by atoms with Gasteiger partial charge in [0.25, 0.3) is 0 Å².